The zero-order valence-corrected chi connectivity index (χ0v) is 20.1. The SMILES string of the molecule is COc1ccc(C(=O)NC(C)c2cc(Nc3ccc(C)c(Cl)c3)nc(N3CCOCC3)n2)nc1. The Morgan fingerprint density at radius 2 is 1.97 bits per heavy atom. The molecule has 10 heteroatoms. The van der Waals surface area contributed by atoms with Crippen LogP contribution in [-0.4, -0.2) is 54.3 Å². The van der Waals surface area contributed by atoms with Crippen molar-refractivity contribution in [3.63, 3.8) is 0 Å². The van der Waals surface area contributed by atoms with Gasteiger partial charge in [0.2, 0.25) is 5.95 Å². The molecule has 3 aromatic rings. The molecule has 0 saturated carbocycles. The Morgan fingerprint density at radius 3 is 2.65 bits per heavy atom. The molecule has 1 fully saturated rings. The molecule has 1 unspecified atom stereocenters. The molecule has 1 aliphatic heterocycles. The van der Waals surface area contributed by atoms with Crippen molar-refractivity contribution in [1.82, 2.24) is 20.3 Å². The second-order valence-electron chi connectivity index (χ2n) is 7.94. The van der Waals surface area contributed by atoms with E-state index in [-0.39, 0.29) is 11.9 Å². The third kappa shape index (κ3) is 5.73. The number of aromatic nitrogens is 3. The van der Waals surface area contributed by atoms with Crippen LogP contribution in [0.2, 0.25) is 5.02 Å². The number of nitrogens with zero attached hydrogens (tertiary/aromatic N) is 4. The molecule has 1 saturated heterocycles. The van der Waals surface area contributed by atoms with Crippen LogP contribution in [0.1, 0.15) is 34.7 Å². The maximum absolute atomic E-state index is 12.7. The van der Waals surface area contributed by atoms with Gasteiger partial charge >= 0.3 is 0 Å². The number of anilines is 3. The normalized spacial score (nSPS) is 14.4. The maximum atomic E-state index is 12.7. The number of hydrogen-bond donors (Lipinski definition) is 2. The van der Waals surface area contributed by atoms with E-state index >= 15 is 0 Å². The Kier molecular flexibility index (Phi) is 7.44. The van der Waals surface area contributed by atoms with Crippen molar-refractivity contribution in [1.29, 1.82) is 0 Å². The smallest absolute Gasteiger partial charge is 0.270 e. The number of nitrogens with one attached hydrogen (secondary N) is 2. The largest absolute Gasteiger partial charge is 0.495 e. The molecule has 0 radical (unpaired) electrons. The Bertz CT molecular complexity index is 1150. The third-order valence-corrected chi connectivity index (χ3v) is 5.88. The molecule has 34 heavy (non-hydrogen) atoms. The molecule has 1 atom stereocenters. The molecule has 178 valence electrons. The average Bonchev–Trinajstić information content (AvgIpc) is 2.86. The summed E-state index contributed by atoms with van der Waals surface area (Å²) in [6.45, 7) is 6.43. The highest BCUT2D eigenvalue weighted by atomic mass is 35.5. The predicted octanol–water partition coefficient (Wildman–Crippen LogP) is 3.91. The van der Waals surface area contributed by atoms with Crippen molar-refractivity contribution in [2.24, 2.45) is 0 Å². The van der Waals surface area contributed by atoms with Gasteiger partial charge in [0.15, 0.2) is 0 Å². The van der Waals surface area contributed by atoms with E-state index in [0.29, 0.717) is 60.2 Å². The highest BCUT2D eigenvalue weighted by Gasteiger charge is 2.20. The number of hydrogen-bond acceptors (Lipinski definition) is 8. The molecule has 0 bridgehead atoms. The third-order valence-electron chi connectivity index (χ3n) is 5.47. The van der Waals surface area contributed by atoms with Crippen LogP contribution in [0, 0.1) is 6.92 Å². The van der Waals surface area contributed by atoms with Gasteiger partial charge in [0, 0.05) is 29.9 Å². The van der Waals surface area contributed by atoms with E-state index in [1.807, 2.05) is 38.1 Å². The van der Waals surface area contributed by atoms with Crippen molar-refractivity contribution < 1.29 is 14.3 Å². The number of aryl methyl sites for hydroxylation is 1. The fraction of sp³-hybridized carbons (Fsp3) is 0.333. The zero-order valence-electron chi connectivity index (χ0n) is 19.3. The molecule has 1 amide bonds. The quantitative estimate of drug-likeness (QED) is 0.522. The number of carbonyl (C=O) groups is 1. The summed E-state index contributed by atoms with van der Waals surface area (Å²) >= 11 is 6.29. The fourth-order valence-corrected chi connectivity index (χ4v) is 3.62. The summed E-state index contributed by atoms with van der Waals surface area (Å²) in [4.78, 5) is 28.4. The Labute approximate surface area is 203 Å². The predicted molar refractivity (Wildman–Crippen MR) is 131 cm³/mol. The lowest BCUT2D eigenvalue weighted by molar-refractivity contribution is 0.0934. The van der Waals surface area contributed by atoms with Gasteiger partial charge in [-0.05, 0) is 43.7 Å². The van der Waals surface area contributed by atoms with Crippen LogP contribution >= 0.6 is 11.6 Å². The van der Waals surface area contributed by atoms with Gasteiger partial charge in [-0.2, -0.15) is 4.98 Å². The van der Waals surface area contributed by atoms with E-state index in [2.05, 4.69) is 20.5 Å². The second kappa shape index (κ2) is 10.7. The Balaban J connectivity index is 1.59. The topological polar surface area (TPSA) is 102 Å². The number of amides is 1. The van der Waals surface area contributed by atoms with Crippen molar-refractivity contribution in [2.45, 2.75) is 19.9 Å². The van der Waals surface area contributed by atoms with Gasteiger partial charge in [0.25, 0.3) is 5.91 Å². The van der Waals surface area contributed by atoms with Crippen molar-refractivity contribution in [3.8, 4) is 5.75 Å². The van der Waals surface area contributed by atoms with Crippen molar-refractivity contribution in [2.75, 3.05) is 43.6 Å². The average molecular weight is 483 g/mol. The Morgan fingerprint density at radius 1 is 1.18 bits per heavy atom. The van der Waals surface area contributed by atoms with Crippen LogP contribution in [0.4, 0.5) is 17.5 Å². The molecule has 3 heterocycles. The molecule has 9 nitrogen and oxygen atoms in total. The van der Waals surface area contributed by atoms with E-state index in [4.69, 9.17) is 31.0 Å². The molecule has 2 N–H and O–H groups in total. The minimum Gasteiger partial charge on any atom is -0.495 e. The minimum absolute atomic E-state index is 0.294. The fourth-order valence-electron chi connectivity index (χ4n) is 3.44. The summed E-state index contributed by atoms with van der Waals surface area (Å²) in [5.41, 5.74) is 2.77. The van der Waals surface area contributed by atoms with E-state index in [9.17, 15) is 4.79 Å². The van der Waals surface area contributed by atoms with Gasteiger partial charge in [0.05, 0.1) is 38.3 Å². The first-order valence-electron chi connectivity index (χ1n) is 11.0. The summed E-state index contributed by atoms with van der Waals surface area (Å²) in [6, 6.07) is 10.5. The van der Waals surface area contributed by atoms with Gasteiger partial charge in [-0.25, -0.2) is 9.97 Å². The van der Waals surface area contributed by atoms with E-state index in [1.54, 1.807) is 19.2 Å². The first kappa shape index (κ1) is 23.7. The lowest BCUT2D eigenvalue weighted by Crippen LogP contribution is -2.38. The number of methoxy groups -OCH3 is 1. The van der Waals surface area contributed by atoms with Crippen LogP contribution in [0.5, 0.6) is 5.75 Å². The molecular formula is C24H27ClN6O3. The maximum Gasteiger partial charge on any atom is 0.270 e. The molecule has 4 rings (SSSR count). The van der Waals surface area contributed by atoms with Crippen molar-refractivity contribution >= 4 is 35.0 Å². The van der Waals surface area contributed by atoms with Gasteiger partial charge in [-0.1, -0.05) is 17.7 Å². The summed E-state index contributed by atoms with van der Waals surface area (Å²) in [6.07, 6.45) is 1.51. The van der Waals surface area contributed by atoms with Crippen LogP contribution in [-0.2, 0) is 4.74 Å². The molecule has 0 spiro atoms. The van der Waals surface area contributed by atoms with Crippen LogP contribution in [0.25, 0.3) is 0 Å². The van der Waals surface area contributed by atoms with E-state index < -0.39 is 0 Å². The van der Waals surface area contributed by atoms with Crippen molar-refractivity contribution in [3.05, 3.63) is 64.6 Å². The molecular weight excluding hydrogens is 456 g/mol. The standard InChI is InChI=1S/C24H27ClN6O3/c1-15-4-5-17(12-19(15)25)28-22-13-21(29-24(30-22)31-8-10-34-11-9-31)16(2)27-23(32)20-7-6-18(33-3)14-26-20/h4-7,12-14,16H,8-11H2,1-3H3,(H,27,32)(H,28,29,30). The molecule has 1 aromatic carbocycles. The second-order valence-corrected chi connectivity index (χ2v) is 8.35. The Hall–Kier alpha value is -3.43. The number of pyridine rings is 1. The molecule has 2 aromatic heterocycles. The first-order chi connectivity index (χ1) is 16.4. The highest BCUT2D eigenvalue weighted by molar-refractivity contribution is 6.31. The number of ether oxygens (including phenoxy) is 2. The number of halogens is 1. The first-order valence-corrected chi connectivity index (χ1v) is 11.4. The summed E-state index contributed by atoms with van der Waals surface area (Å²) in [5, 5.41) is 6.94. The lowest BCUT2D eigenvalue weighted by Gasteiger charge is -2.28. The van der Waals surface area contributed by atoms with Crippen LogP contribution in [0.15, 0.2) is 42.6 Å². The van der Waals surface area contributed by atoms with E-state index in [0.717, 1.165) is 11.3 Å². The minimum atomic E-state index is -0.388. The van der Waals surface area contributed by atoms with E-state index in [1.165, 1.54) is 6.20 Å². The number of carbonyl (C=O) groups excluding carboxylic acids is 1. The number of rotatable bonds is 7. The van der Waals surface area contributed by atoms with Gasteiger partial charge in [-0.3, -0.25) is 4.79 Å². The zero-order chi connectivity index (χ0) is 24.1. The lowest BCUT2D eigenvalue weighted by atomic mass is 10.2. The summed E-state index contributed by atoms with van der Waals surface area (Å²) in [7, 11) is 1.55. The molecule has 1 aliphatic rings. The number of benzene rings is 1. The summed E-state index contributed by atoms with van der Waals surface area (Å²) < 4.78 is 10.6. The number of morpholine rings is 1. The van der Waals surface area contributed by atoms with Crippen LogP contribution in [0.3, 0.4) is 0 Å². The van der Waals surface area contributed by atoms with Crippen LogP contribution < -0.4 is 20.3 Å². The highest BCUT2D eigenvalue weighted by Crippen LogP contribution is 2.25. The molecule has 0 aliphatic carbocycles. The van der Waals surface area contributed by atoms with Gasteiger partial charge in [0.1, 0.15) is 17.3 Å². The van der Waals surface area contributed by atoms with Gasteiger partial charge in [-0.15, -0.1) is 0 Å². The monoisotopic (exact) mass is 482 g/mol. The van der Waals surface area contributed by atoms with Gasteiger partial charge < -0.3 is 25.0 Å². The summed E-state index contributed by atoms with van der Waals surface area (Å²) in [5.74, 6) is 1.46.